The molecular formula is C17H17N3O4S. The number of aromatic amines is 1. The Morgan fingerprint density at radius 3 is 2.56 bits per heavy atom. The van der Waals surface area contributed by atoms with Crippen molar-refractivity contribution in [1.82, 2.24) is 15.2 Å². The number of methoxy groups -OCH3 is 1. The lowest BCUT2D eigenvalue weighted by Gasteiger charge is -2.09. The van der Waals surface area contributed by atoms with Crippen molar-refractivity contribution in [2.45, 2.75) is 11.3 Å². The lowest BCUT2D eigenvalue weighted by Crippen LogP contribution is -2.42. The van der Waals surface area contributed by atoms with Crippen LogP contribution in [-0.2, 0) is 21.2 Å². The molecule has 8 heteroatoms. The minimum atomic E-state index is -3.85. The van der Waals surface area contributed by atoms with Crippen molar-refractivity contribution in [2.24, 2.45) is 0 Å². The van der Waals surface area contributed by atoms with E-state index in [-0.39, 0.29) is 11.3 Å². The number of hydrogen-bond donors (Lipinski definition) is 3. The molecule has 0 radical (unpaired) electrons. The average molecular weight is 359 g/mol. The van der Waals surface area contributed by atoms with Crippen molar-refractivity contribution in [3.63, 3.8) is 0 Å². The average Bonchev–Trinajstić information content (AvgIpc) is 3.03. The number of rotatable bonds is 6. The Balaban J connectivity index is 1.64. The highest BCUT2D eigenvalue weighted by Crippen LogP contribution is 2.18. The third-order valence-electron chi connectivity index (χ3n) is 3.72. The summed E-state index contributed by atoms with van der Waals surface area (Å²) in [5.74, 6) is 0.0872. The predicted molar refractivity (Wildman–Crippen MR) is 93.5 cm³/mol. The van der Waals surface area contributed by atoms with Gasteiger partial charge in [-0.05, 0) is 35.9 Å². The summed E-state index contributed by atoms with van der Waals surface area (Å²) < 4.78 is 29.3. The van der Waals surface area contributed by atoms with E-state index in [1.165, 1.54) is 31.4 Å². The first-order valence-electron chi connectivity index (χ1n) is 7.49. The van der Waals surface area contributed by atoms with Crippen LogP contribution < -0.4 is 15.0 Å². The van der Waals surface area contributed by atoms with E-state index >= 15 is 0 Å². The second-order valence-electron chi connectivity index (χ2n) is 5.37. The topological polar surface area (TPSA) is 100 Å². The Kier molecular flexibility index (Phi) is 4.73. The van der Waals surface area contributed by atoms with Crippen LogP contribution >= 0.6 is 0 Å². The Hall–Kier alpha value is -2.84. The molecular weight excluding hydrogens is 342 g/mol. The fourth-order valence-corrected chi connectivity index (χ4v) is 3.29. The van der Waals surface area contributed by atoms with E-state index in [1.807, 2.05) is 24.3 Å². The van der Waals surface area contributed by atoms with E-state index in [9.17, 15) is 13.2 Å². The van der Waals surface area contributed by atoms with Crippen molar-refractivity contribution in [3.8, 4) is 5.75 Å². The molecule has 0 fully saturated rings. The van der Waals surface area contributed by atoms with Crippen molar-refractivity contribution in [3.05, 3.63) is 60.3 Å². The molecule has 25 heavy (non-hydrogen) atoms. The third-order valence-corrected chi connectivity index (χ3v) is 4.98. The van der Waals surface area contributed by atoms with Gasteiger partial charge in [0.1, 0.15) is 5.75 Å². The molecule has 0 aliphatic rings. The molecule has 7 nitrogen and oxygen atoms in total. The minimum Gasteiger partial charge on any atom is -0.497 e. The van der Waals surface area contributed by atoms with E-state index in [4.69, 9.17) is 4.74 Å². The van der Waals surface area contributed by atoms with Gasteiger partial charge in [-0.3, -0.25) is 10.2 Å². The Labute approximate surface area is 145 Å². The number of para-hydroxylation sites is 1. The third kappa shape index (κ3) is 3.81. The number of amides is 1. The number of benzene rings is 2. The predicted octanol–water partition coefficient (Wildman–Crippen LogP) is 1.73. The van der Waals surface area contributed by atoms with Crippen LogP contribution in [0.5, 0.6) is 5.75 Å². The summed E-state index contributed by atoms with van der Waals surface area (Å²) in [5, 5.41) is 0.927. The quantitative estimate of drug-likeness (QED) is 0.584. The maximum absolute atomic E-state index is 12.2. The van der Waals surface area contributed by atoms with Gasteiger partial charge in [-0.15, -0.1) is 4.83 Å². The summed E-state index contributed by atoms with van der Waals surface area (Å²) in [7, 11) is -2.35. The molecule has 1 amide bonds. The molecule has 0 atom stereocenters. The van der Waals surface area contributed by atoms with E-state index < -0.39 is 15.9 Å². The van der Waals surface area contributed by atoms with Crippen LogP contribution in [0.3, 0.4) is 0 Å². The molecule has 3 rings (SSSR count). The molecule has 3 aromatic rings. The maximum atomic E-state index is 12.2. The summed E-state index contributed by atoms with van der Waals surface area (Å²) in [5.41, 5.74) is 3.94. The van der Waals surface area contributed by atoms with Gasteiger partial charge in [-0.2, -0.15) is 0 Å². The molecule has 0 unspecified atom stereocenters. The standard InChI is InChI=1S/C17H17N3O4S/c1-24-13-6-8-14(9-7-13)25(22,23)20-19-17(21)10-12-11-18-16-5-3-2-4-15(12)16/h2-9,11,18,20H,10H2,1H3,(H,19,21). The second kappa shape index (κ2) is 6.96. The largest absolute Gasteiger partial charge is 0.497 e. The molecule has 0 aliphatic carbocycles. The molecule has 0 saturated heterocycles. The normalized spacial score (nSPS) is 11.4. The molecule has 3 N–H and O–H groups in total. The van der Waals surface area contributed by atoms with E-state index in [2.05, 4.69) is 15.2 Å². The number of hydrazine groups is 1. The molecule has 1 aromatic heterocycles. The number of carbonyl (C=O) groups is 1. The van der Waals surface area contributed by atoms with Gasteiger partial charge in [-0.1, -0.05) is 18.2 Å². The zero-order chi connectivity index (χ0) is 17.9. The number of nitrogens with one attached hydrogen (secondary N) is 3. The minimum absolute atomic E-state index is 0.0284. The zero-order valence-corrected chi connectivity index (χ0v) is 14.3. The van der Waals surface area contributed by atoms with Crippen LogP contribution in [0.25, 0.3) is 10.9 Å². The molecule has 130 valence electrons. The first-order valence-corrected chi connectivity index (χ1v) is 8.97. The van der Waals surface area contributed by atoms with Crippen LogP contribution in [0.2, 0.25) is 0 Å². The summed E-state index contributed by atoms with van der Waals surface area (Å²) in [6.45, 7) is 0. The van der Waals surface area contributed by atoms with Crippen molar-refractivity contribution < 1.29 is 17.9 Å². The Bertz CT molecular complexity index is 994. The lowest BCUT2D eigenvalue weighted by atomic mass is 10.1. The zero-order valence-electron chi connectivity index (χ0n) is 13.4. The molecule has 0 bridgehead atoms. The first kappa shape index (κ1) is 17.0. The number of hydrogen-bond acceptors (Lipinski definition) is 4. The molecule has 0 spiro atoms. The number of ether oxygens (including phenoxy) is 1. The summed E-state index contributed by atoms with van der Waals surface area (Å²) in [6, 6.07) is 13.4. The molecule has 1 heterocycles. The van der Waals surface area contributed by atoms with E-state index in [0.717, 1.165) is 16.5 Å². The molecule has 0 aliphatic heterocycles. The van der Waals surface area contributed by atoms with Gasteiger partial charge in [0.25, 0.3) is 10.0 Å². The summed E-state index contributed by atoms with van der Waals surface area (Å²) in [6.07, 6.45) is 1.79. The van der Waals surface area contributed by atoms with Crippen molar-refractivity contribution in [2.75, 3.05) is 7.11 Å². The number of sulfonamides is 1. The highest BCUT2D eigenvalue weighted by atomic mass is 32.2. The van der Waals surface area contributed by atoms with Gasteiger partial charge in [0.2, 0.25) is 5.91 Å². The van der Waals surface area contributed by atoms with Crippen LogP contribution in [0.4, 0.5) is 0 Å². The highest BCUT2D eigenvalue weighted by molar-refractivity contribution is 7.89. The fourth-order valence-electron chi connectivity index (χ4n) is 2.43. The summed E-state index contributed by atoms with van der Waals surface area (Å²) >= 11 is 0. The van der Waals surface area contributed by atoms with Gasteiger partial charge < -0.3 is 9.72 Å². The van der Waals surface area contributed by atoms with Crippen LogP contribution in [-0.4, -0.2) is 26.4 Å². The monoisotopic (exact) mass is 359 g/mol. The molecule has 2 aromatic carbocycles. The highest BCUT2D eigenvalue weighted by Gasteiger charge is 2.16. The lowest BCUT2D eigenvalue weighted by molar-refractivity contribution is -0.120. The second-order valence-corrected chi connectivity index (χ2v) is 7.05. The van der Waals surface area contributed by atoms with Crippen molar-refractivity contribution >= 4 is 26.8 Å². The fraction of sp³-hybridized carbons (Fsp3) is 0.118. The SMILES string of the molecule is COc1ccc(S(=O)(=O)NNC(=O)Cc2c[nH]c3ccccc23)cc1. The van der Waals surface area contributed by atoms with Crippen LogP contribution in [0, 0.1) is 0 Å². The van der Waals surface area contributed by atoms with Gasteiger partial charge in [-0.25, -0.2) is 8.42 Å². The number of fused-ring (bicyclic) bond motifs is 1. The van der Waals surface area contributed by atoms with Gasteiger partial charge >= 0.3 is 0 Å². The molecule has 0 saturated carbocycles. The van der Waals surface area contributed by atoms with Crippen LogP contribution in [0.15, 0.2) is 59.6 Å². The first-order chi connectivity index (χ1) is 12.0. The number of aromatic nitrogens is 1. The van der Waals surface area contributed by atoms with Crippen molar-refractivity contribution in [1.29, 1.82) is 0 Å². The van der Waals surface area contributed by atoms with Gasteiger partial charge in [0, 0.05) is 17.1 Å². The number of carbonyl (C=O) groups excluding carboxylic acids is 1. The Morgan fingerprint density at radius 1 is 1.12 bits per heavy atom. The summed E-state index contributed by atoms with van der Waals surface area (Å²) in [4.78, 5) is 17.3. The maximum Gasteiger partial charge on any atom is 0.257 e. The van der Waals surface area contributed by atoms with E-state index in [1.54, 1.807) is 6.20 Å². The van der Waals surface area contributed by atoms with Gasteiger partial charge in [0.15, 0.2) is 0 Å². The van der Waals surface area contributed by atoms with E-state index in [0.29, 0.717) is 5.75 Å². The Morgan fingerprint density at radius 2 is 1.84 bits per heavy atom. The van der Waals surface area contributed by atoms with Gasteiger partial charge in [0.05, 0.1) is 18.4 Å². The number of H-pyrrole nitrogens is 1. The van der Waals surface area contributed by atoms with Crippen LogP contribution in [0.1, 0.15) is 5.56 Å². The smallest absolute Gasteiger partial charge is 0.257 e.